The molecule has 0 spiro atoms. The first-order valence-corrected chi connectivity index (χ1v) is 13.5. The minimum atomic E-state index is -0.960. The zero-order chi connectivity index (χ0) is 27.8. The van der Waals surface area contributed by atoms with Crippen LogP contribution in [-0.4, -0.2) is 41.5 Å². The molecule has 0 radical (unpaired) electrons. The zero-order valence-electron chi connectivity index (χ0n) is 23.3. The van der Waals surface area contributed by atoms with Crippen LogP contribution in [-0.2, 0) is 33.4 Å². The van der Waals surface area contributed by atoms with E-state index in [2.05, 4.69) is 13.0 Å². The Morgan fingerprint density at radius 2 is 1.61 bits per heavy atom. The molecule has 5 rings (SSSR count). The molecule has 8 heteroatoms. The Labute approximate surface area is 223 Å². The quantitative estimate of drug-likeness (QED) is 0.311. The van der Waals surface area contributed by atoms with Gasteiger partial charge < -0.3 is 18.6 Å². The van der Waals surface area contributed by atoms with Crippen LogP contribution in [0.1, 0.15) is 85.6 Å². The van der Waals surface area contributed by atoms with Crippen molar-refractivity contribution in [1.82, 2.24) is 0 Å². The van der Waals surface area contributed by atoms with Crippen LogP contribution in [0.5, 0.6) is 0 Å². The molecule has 1 saturated heterocycles. The van der Waals surface area contributed by atoms with Crippen LogP contribution in [0.2, 0.25) is 0 Å². The standard InChI is InChI=1S/C30H38O8/c1-16(31)36-24-13-22-29(6,20-9-8-19(28(20,24)5)18-10-11-35-15-18)23(33)12-21-27(3,4)38-26(34)14-25(30(21,22)7)37-17(2)32/h9-11,15,19,21-22,24-25H,8,12-14H2,1-7H3/t19-,21-,22-,24-,25-,28-,29-,30-/m0/s1. The van der Waals surface area contributed by atoms with Gasteiger partial charge in [-0.1, -0.05) is 25.5 Å². The van der Waals surface area contributed by atoms with Crippen LogP contribution in [0.3, 0.4) is 0 Å². The normalized spacial score (nSPS) is 41.6. The first kappa shape index (κ1) is 26.7. The van der Waals surface area contributed by atoms with Crippen molar-refractivity contribution in [2.75, 3.05) is 0 Å². The average Bonchev–Trinajstić information content (AvgIpc) is 3.43. The van der Waals surface area contributed by atoms with Crippen molar-refractivity contribution in [3.63, 3.8) is 0 Å². The SMILES string of the molecule is CC(=O)O[C@H]1C[C@H]2[C@@](C)(C(=O)C[C@H]3C(C)(C)OC(=O)C[C@H](OC(C)=O)[C@@]32C)C2=CC[C@@H](c3ccoc3)[C@@]21C. The maximum atomic E-state index is 14.3. The molecule has 0 N–H and O–H groups in total. The van der Waals surface area contributed by atoms with Gasteiger partial charge in [-0.2, -0.15) is 0 Å². The number of hydrogen-bond acceptors (Lipinski definition) is 8. The molecule has 3 aliphatic carbocycles. The molecule has 2 heterocycles. The first-order chi connectivity index (χ1) is 17.7. The number of hydrogen-bond donors (Lipinski definition) is 0. The molecule has 1 aromatic heterocycles. The van der Waals surface area contributed by atoms with Crippen LogP contribution >= 0.6 is 0 Å². The number of carbonyl (C=O) groups is 4. The van der Waals surface area contributed by atoms with Gasteiger partial charge in [-0.25, -0.2) is 0 Å². The Balaban J connectivity index is 1.71. The van der Waals surface area contributed by atoms with E-state index in [9.17, 15) is 19.2 Å². The van der Waals surface area contributed by atoms with Crippen molar-refractivity contribution in [2.24, 2.45) is 28.1 Å². The molecule has 0 aromatic carbocycles. The van der Waals surface area contributed by atoms with E-state index in [4.69, 9.17) is 18.6 Å². The second-order valence-corrected chi connectivity index (χ2v) is 12.8. The highest BCUT2D eigenvalue weighted by molar-refractivity contribution is 5.91. The highest BCUT2D eigenvalue weighted by Crippen LogP contribution is 2.72. The maximum absolute atomic E-state index is 14.3. The molecule has 206 valence electrons. The number of esters is 3. The molecule has 8 atom stereocenters. The minimum Gasteiger partial charge on any atom is -0.472 e. The fourth-order valence-corrected chi connectivity index (χ4v) is 8.94. The molecule has 0 amide bonds. The molecule has 1 aromatic rings. The van der Waals surface area contributed by atoms with Gasteiger partial charge in [0.25, 0.3) is 0 Å². The summed E-state index contributed by atoms with van der Waals surface area (Å²) in [6.45, 7) is 12.5. The lowest BCUT2D eigenvalue weighted by molar-refractivity contribution is -0.206. The topological polar surface area (TPSA) is 109 Å². The lowest BCUT2D eigenvalue weighted by atomic mass is 9.39. The summed E-state index contributed by atoms with van der Waals surface area (Å²) in [6, 6.07) is 1.93. The molecule has 3 fully saturated rings. The number of cyclic esters (lactones) is 1. The molecular formula is C30H38O8. The van der Waals surface area contributed by atoms with E-state index >= 15 is 0 Å². The molecular weight excluding hydrogens is 488 g/mol. The lowest BCUT2D eigenvalue weighted by Gasteiger charge is -2.64. The molecule has 4 aliphatic rings. The highest BCUT2D eigenvalue weighted by atomic mass is 16.6. The largest absolute Gasteiger partial charge is 0.472 e. The second-order valence-electron chi connectivity index (χ2n) is 12.8. The molecule has 1 aliphatic heterocycles. The Bertz CT molecular complexity index is 1210. The summed E-state index contributed by atoms with van der Waals surface area (Å²) in [4.78, 5) is 52.0. The minimum absolute atomic E-state index is 0.0311. The summed E-state index contributed by atoms with van der Waals surface area (Å²) in [6.07, 6.45) is 5.34. The van der Waals surface area contributed by atoms with Crippen molar-refractivity contribution < 1.29 is 37.8 Å². The van der Waals surface area contributed by atoms with Gasteiger partial charge in [0, 0.05) is 42.9 Å². The molecule has 0 bridgehead atoms. The summed E-state index contributed by atoms with van der Waals surface area (Å²) in [5, 5.41) is 0. The fourth-order valence-electron chi connectivity index (χ4n) is 8.94. The number of carbonyl (C=O) groups excluding carboxylic acids is 4. The van der Waals surface area contributed by atoms with E-state index < -0.39 is 57.9 Å². The number of rotatable bonds is 3. The Morgan fingerprint density at radius 3 is 2.21 bits per heavy atom. The third-order valence-electron chi connectivity index (χ3n) is 10.5. The summed E-state index contributed by atoms with van der Waals surface area (Å²) in [5.41, 5.74) is -1.35. The number of allylic oxidation sites excluding steroid dienone is 1. The van der Waals surface area contributed by atoms with E-state index in [1.54, 1.807) is 12.5 Å². The summed E-state index contributed by atoms with van der Waals surface area (Å²) < 4.78 is 23.3. The highest BCUT2D eigenvalue weighted by Gasteiger charge is 2.73. The first-order valence-electron chi connectivity index (χ1n) is 13.5. The number of furan rings is 1. The third kappa shape index (κ3) is 3.54. The Kier molecular flexibility index (Phi) is 6.01. The van der Waals surface area contributed by atoms with Gasteiger partial charge in [0.2, 0.25) is 0 Å². The van der Waals surface area contributed by atoms with Gasteiger partial charge in [-0.3, -0.25) is 19.2 Å². The molecule has 2 saturated carbocycles. The predicted molar refractivity (Wildman–Crippen MR) is 136 cm³/mol. The van der Waals surface area contributed by atoms with Gasteiger partial charge in [-0.05, 0) is 51.2 Å². The van der Waals surface area contributed by atoms with E-state index in [-0.39, 0.29) is 30.5 Å². The smallest absolute Gasteiger partial charge is 0.310 e. The van der Waals surface area contributed by atoms with Gasteiger partial charge in [-0.15, -0.1) is 0 Å². The van der Waals surface area contributed by atoms with Crippen LogP contribution < -0.4 is 0 Å². The number of fused-ring (bicyclic) bond motifs is 5. The van der Waals surface area contributed by atoms with Gasteiger partial charge >= 0.3 is 17.9 Å². The summed E-state index contributed by atoms with van der Waals surface area (Å²) >= 11 is 0. The van der Waals surface area contributed by atoms with Crippen LogP contribution in [0, 0.1) is 28.1 Å². The number of ether oxygens (including phenoxy) is 3. The van der Waals surface area contributed by atoms with Crippen molar-refractivity contribution in [2.45, 2.75) is 97.9 Å². The van der Waals surface area contributed by atoms with E-state index in [1.165, 1.54) is 13.8 Å². The lowest BCUT2D eigenvalue weighted by Crippen LogP contribution is -2.67. The fraction of sp³-hybridized carbons (Fsp3) is 0.667. The van der Waals surface area contributed by atoms with Crippen molar-refractivity contribution >= 4 is 23.7 Å². The molecule has 8 nitrogen and oxygen atoms in total. The molecule has 0 unspecified atom stereocenters. The maximum Gasteiger partial charge on any atom is 0.310 e. The summed E-state index contributed by atoms with van der Waals surface area (Å²) in [7, 11) is 0. The third-order valence-corrected chi connectivity index (χ3v) is 10.5. The number of Topliss-reactive ketones (excluding diaryl/α,β-unsaturated/α-hetero) is 1. The summed E-state index contributed by atoms with van der Waals surface area (Å²) in [5.74, 6) is -2.06. The van der Waals surface area contributed by atoms with Gasteiger partial charge in [0.15, 0.2) is 0 Å². The predicted octanol–water partition coefficient (Wildman–Crippen LogP) is 4.91. The monoisotopic (exact) mass is 526 g/mol. The van der Waals surface area contributed by atoms with Crippen LogP contribution in [0.15, 0.2) is 34.7 Å². The van der Waals surface area contributed by atoms with E-state index in [1.807, 2.05) is 33.8 Å². The Hall–Kier alpha value is -2.90. The van der Waals surface area contributed by atoms with E-state index in [0.717, 1.165) is 11.1 Å². The van der Waals surface area contributed by atoms with Crippen molar-refractivity contribution in [1.29, 1.82) is 0 Å². The zero-order valence-corrected chi connectivity index (χ0v) is 23.3. The van der Waals surface area contributed by atoms with Crippen LogP contribution in [0.4, 0.5) is 0 Å². The van der Waals surface area contributed by atoms with Crippen molar-refractivity contribution in [3.05, 3.63) is 35.8 Å². The second kappa shape index (κ2) is 8.55. The van der Waals surface area contributed by atoms with Crippen molar-refractivity contribution in [3.8, 4) is 0 Å². The van der Waals surface area contributed by atoms with Gasteiger partial charge in [0.1, 0.15) is 23.6 Å². The van der Waals surface area contributed by atoms with E-state index in [0.29, 0.717) is 12.8 Å². The number of ketones is 1. The van der Waals surface area contributed by atoms with Gasteiger partial charge in [0.05, 0.1) is 24.4 Å². The Morgan fingerprint density at radius 1 is 0.947 bits per heavy atom. The van der Waals surface area contributed by atoms with Crippen LogP contribution in [0.25, 0.3) is 0 Å². The average molecular weight is 527 g/mol. The molecule has 38 heavy (non-hydrogen) atoms.